The van der Waals surface area contributed by atoms with Gasteiger partial charge in [-0.3, -0.25) is 4.84 Å². The SMILES string of the molecule is CON(CC1CCCNC1)C(=O)OC(C)(C)C. The molecule has 1 N–H and O–H groups in total. The van der Waals surface area contributed by atoms with Crippen molar-refractivity contribution in [2.24, 2.45) is 5.92 Å². The lowest BCUT2D eigenvalue weighted by atomic mass is 10.00. The topological polar surface area (TPSA) is 50.8 Å². The highest BCUT2D eigenvalue weighted by atomic mass is 16.7. The molecule has 1 saturated heterocycles. The van der Waals surface area contributed by atoms with Crippen LogP contribution in [0.4, 0.5) is 4.79 Å². The molecule has 0 aromatic heterocycles. The van der Waals surface area contributed by atoms with Crippen LogP contribution >= 0.6 is 0 Å². The maximum atomic E-state index is 11.8. The number of ether oxygens (including phenoxy) is 1. The van der Waals surface area contributed by atoms with Crippen LogP contribution in [0.1, 0.15) is 33.6 Å². The molecule has 1 fully saturated rings. The van der Waals surface area contributed by atoms with Crippen molar-refractivity contribution in [1.29, 1.82) is 0 Å². The monoisotopic (exact) mass is 244 g/mol. The third-order valence-corrected chi connectivity index (χ3v) is 2.64. The van der Waals surface area contributed by atoms with Gasteiger partial charge in [0, 0.05) is 0 Å². The van der Waals surface area contributed by atoms with E-state index in [1.165, 1.54) is 12.2 Å². The predicted molar refractivity (Wildman–Crippen MR) is 65.5 cm³/mol. The van der Waals surface area contributed by atoms with E-state index in [2.05, 4.69) is 5.32 Å². The molecule has 5 heteroatoms. The van der Waals surface area contributed by atoms with Crippen LogP contribution in [0.2, 0.25) is 0 Å². The first kappa shape index (κ1) is 14.3. The standard InChI is InChI=1S/C12H24N2O3/c1-12(2,3)17-11(15)14(16-4)9-10-6-5-7-13-8-10/h10,13H,5-9H2,1-4H3. The Bertz CT molecular complexity index is 245. The average molecular weight is 244 g/mol. The summed E-state index contributed by atoms with van der Waals surface area (Å²) in [4.78, 5) is 16.9. The van der Waals surface area contributed by atoms with Crippen LogP contribution in [0, 0.1) is 5.92 Å². The Kier molecular flexibility index (Phi) is 5.21. The van der Waals surface area contributed by atoms with Gasteiger partial charge in [-0.15, -0.1) is 0 Å². The van der Waals surface area contributed by atoms with E-state index >= 15 is 0 Å². The summed E-state index contributed by atoms with van der Waals surface area (Å²) in [6.07, 6.45) is 1.86. The summed E-state index contributed by atoms with van der Waals surface area (Å²) >= 11 is 0. The second kappa shape index (κ2) is 6.21. The molecular weight excluding hydrogens is 220 g/mol. The molecule has 0 spiro atoms. The number of piperidine rings is 1. The minimum Gasteiger partial charge on any atom is -0.442 e. The Hall–Kier alpha value is -0.810. The molecule has 100 valence electrons. The molecule has 1 unspecified atom stereocenters. The second-order valence-corrected chi connectivity index (χ2v) is 5.44. The maximum Gasteiger partial charge on any atom is 0.434 e. The van der Waals surface area contributed by atoms with E-state index in [-0.39, 0.29) is 0 Å². The predicted octanol–water partition coefficient (Wildman–Crippen LogP) is 1.78. The molecule has 0 aliphatic carbocycles. The van der Waals surface area contributed by atoms with Gasteiger partial charge in [0.1, 0.15) is 5.60 Å². The number of nitrogens with zero attached hydrogens (tertiary/aromatic N) is 1. The number of hydrogen-bond donors (Lipinski definition) is 1. The Morgan fingerprint density at radius 1 is 1.47 bits per heavy atom. The quantitative estimate of drug-likeness (QED) is 0.769. The smallest absolute Gasteiger partial charge is 0.434 e. The normalized spacial score (nSPS) is 21.1. The van der Waals surface area contributed by atoms with Gasteiger partial charge in [-0.05, 0) is 52.6 Å². The summed E-state index contributed by atoms with van der Waals surface area (Å²) in [6, 6.07) is 0. The minimum absolute atomic E-state index is 0.412. The molecule has 0 radical (unpaired) electrons. The van der Waals surface area contributed by atoms with Gasteiger partial charge in [0.25, 0.3) is 0 Å². The average Bonchev–Trinajstić information content (AvgIpc) is 2.24. The lowest BCUT2D eigenvalue weighted by Crippen LogP contribution is -2.42. The van der Waals surface area contributed by atoms with Crippen molar-refractivity contribution >= 4 is 6.09 Å². The molecule has 1 aliphatic rings. The lowest BCUT2D eigenvalue weighted by molar-refractivity contribution is -0.131. The van der Waals surface area contributed by atoms with E-state index in [1.807, 2.05) is 20.8 Å². The van der Waals surface area contributed by atoms with Crippen LogP contribution < -0.4 is 5.32 Å². The van der Waals surface area contributed by atoms with E-state index in [9.17, 15) is 4.79 Å². The summed E-state index contributed by atoms with van der Waals surface area (Å²) in [5, 5.41) is 4.63. The Labute approximate surface area is 103 Å². The van der Waals surface area contributed by atoms with Crippen LogP contribution in [0.3, 0.4) is 0 Å². The van der Waals surface area contributed by atoms with Crippen molar-refractivity contribution in [3.05, 3.63) is 0 Å². The van der Waals surface area contributed by atoms with Gasteiger partial charge < -0.3 is 10.1 Å². The molecular formula is C12H24N2O3. The first-order valence-corrected chi connectivity index (χ1v) is 6.17. The molecule has 0 saturated carbocycles. The largest absolute Gasteiger partial charge is 0.442 e. The van der Waals surface area contributed by atoms with E-state index in [0.717, 1.165) is 25.9 Å². The zero-order valence-electron chi connectivity index (χ0n) is 11.3. The summed E-state index contributed by atoms with van der Waals surface area (Å²) < 4.78 is 5.27. The van der Waals surface area contributed by atoms with Gasteiger partial charge in [-0.1, -0.05) is 0 Å². The van der Waals surface area contributed by atoms with Crippen molar-refractivity contribution in [1.82, 2.24) is 10.4 Å². The molecule has 17 heavy (non-hydrogen) atoms. The van der Waals surface area contributed by atoms with E-state index in [1.54, 1.807) is 0 Å². The third kappa shape index (κ3) is 5.37. The highest BCUT2D eigenvalue weighted by Gasteiger charge is 2.25. The van der Waals surface area contributed by atoms with E-state index in [0.29, 0.717) is 12.5 Å². The Balaban J connectivity index is 2.43. The number of nitrogens with one attached hydrogen (secondary N) is 1. The fraction of sp³-hybridized carbons (Fsp3) is 0.917. The van der Waals surface area contributed by atoms with E-state index in [4.69, 9.17) is 9.57 Å². The number of carbonyl (C=O) groups excluding carboxylic acids is 1. The summed E-state index contributed by atoms with van der Waals surface area (Å²) in [5.74, 6) is 0.441. The van der Waals surface area contributed by atoms with Gasteiger partial charge in [0.05, 0.1) is 13.7 Å². The van der Waals surface area contributed by atoms with Crippen LogP contribution in [0.5, 0.6) is 0 Å². The highest BCUT2D eigenvalue weighted by Crippen LogP contribution is 2.15. The van der Waals surface area contributed by atoms with Crippen molar-refractivity contribution in [2.75, 3.05) is 26.7 Å². The van der Waals surface area contributed by atoms with Gasteiger partial charge in [0.15, 0.2) is 0 Å². The number of hydroxylamine groups is 2. The van der Waals surface area contributed by atoms with Crippen molar-refractivity contribution in [2.45, 2.75) is 39.2 Å². The molecule has 0 aromatic rings. The zero-order chi connectivity index (χ0) is 12.9. The van der Waals surface area contributed by atoms with Gasteiger partial charge in [-0.25, -0.2) is 4.79 Å². The van der Waals surface area contributed by atoms with E-state index < -0.39 is 11.7 Å². The molecule has 1 aliphatic heterocycles. The molecule has 1 rings (SSSR count). The highest BCUT2D eigenvalue weighted by molar-refractivity contribution is 5.66. The number of amides is 1. The first-order valence-electron chi connectivity index (χ1n) is 6.17. The van der Waals surface area contributed by atoms with Crippen LogP contribution in [-0.2, 0) is 9.57 Å². The second-order valence-electron chi connectivity index (χ2n) is 5.44. The minimum atomic E-state index is -0.487. The number of carbonyl (C=O) groups is 1. The third-order valence-electron chi connectivity index (χ3n) is 2.64. The van der Waals surface area contributed by atoms with Crippen molar-refractivity contribution < 1.29 is 14.4 Å². The van der Waals surface area contributed by atoms with Gasteiger partial charge in [0.2, 0.25) is 0 Å². The summed E-state index contributed by atoms with van der Waals surface area (Å²) in [6.45, 7) is 8.12. The zero-order valence-corrected chi connectivity index (χ0v) is 11.3. The molecule has 5 nitrogen and oxygen atoms in total. The van der Waals surface area contributed by atoms with Gasteiger partial charge in [-0.2, -0.15) is 5.06 Å². The fourth-order valence-electron chi connectivity index (χ4n) is 1.85. The fourth-order valence-corrected chi connectivity index (χ4v) is 1.85. The summed E-state index contributed by atoms with van der Waals surface area (Å²) in [7, 11) is 1.50. The number of hydrogen-bond acceptors (Lipinski definition) is 4. The summed E-state index contributed by atoms with van der Waals surface area (Å²) in [5.41, 5.74) is -0.487. The Morgan fingerprint density at radius 3 is 2.65 bits per heavy atom. The molecule has 0 aromatic carbocycles. The van der Waals surface area contributed by atoms with Crippen LogP contribution in [0.25, 0.3) is 0 Å². The first-order chi connectivity index (χ1) is 7.92. The molecule has 1 heterocycles. The maximum absolute atomic E-state index is 11.8. The Morgan fingerprint density at radius 2 is 2.18 bits per heavy atom. The van der Waals surface area contributed by atoms with Crippen molar-refractivity contribution in [3.63, 3.8) is 0 Å². The van der Waals surface area contributed by atoms with Crippen LogP contribution in [-0.4, -0.2) is 43.5 Å². The lowest BCUT2D eigenvalue weighted by Gasteiger charge is -2.30. The molecule has 1 amide bonds. The molecule has 0 bridgehead atoms. The van der Waals surface area contributed by atoms with Gasteiger partial charge >= 0.3 is 6.09 Å². The number of rotatable bonds is 3. The van der Waals surface area contributed by atoms with Crippen molar-refractivity contribution in [3.8, 4) is 0 Å². The van der Waals surface area contributed by atoms with Crippen LogP contribution in [0.15, 0.2) is 0 Å². The molecule has 1 atom stereocenters.